The van der Waals surface area contributed by atoms with Gasteiger partial charge in [-0.25, -0.2) is 0 Å². The van der Waals surface area contributed by atoms with Crippen molar-refractivity contribution in [1.82, 2.24) is 0 Å². The van der Waals surface area contributed by atoms with Crippen molar-refractivity contribution >= 4 is 7.60 Å². The molecule has 0 amide bonds. The molecule has 0 aliphatic carbocycles. The van der Waals surface area contributed by atoms with Crippen LogP contribution in [0.2, 0.25) is 0 Å². The van der Waals surface area contributed by atoms with Crippen LogP contribution < -0.4 is 0 Å². The van der Waals surface area contributed by atoms with Crippen molar-refractivity contribution in [3.05, 3.63) is 34.7 Å². The molecular weight excluding hydrogens is 343 g/mol. The van der Waals surface area contributed by atoms with E-state index in [0.29, 0.717) is 13.2 Å². The van der Waals surface area contributed by atoms with Gasteiger partial charge in [0.1, 0.15) is 0 Å². The maximum absolute atomic E-state index is 12.8. The van der Waals surface area contributed by atoms with Gasteiger partial charge in [0.15, 0.2) is 0 Å². The maximum Gasteiger partial charge on any atom is 0.354 e. The van der Waals surface area contributed by atoms with Crippen LogP contribution in [-0.4, -0.2) is 13.2 Å². The molecule has 0 bridgehead atoms. The van der Waals surface area contributed by atoms with Crippen molar-refractivity contribution in [2.24, 2.45) is 0 Å². The van der Waals surface area contributed by atoms with Crippen LogP contribution in [0.15, 0.2) is 34.7 Å². The third-order valence-electron chi connectivity index (χ3n) is 4.07. The molecule has 0 aromatic rings. The van der Waals surface area contributed by atoms with Gasteiger partial charge in [-0.1, -0.05) is 65.5 Å². The van der Waals surface area contributed by atoms with Crippen molar-refractivity contribution in [3.8, 4) is 0 Å². The molecule has 0 aromatic heterocycles. The number of hydrogen-bond acceptors (Lipinski definition) is 3. The molecule has 0 atom stereocenters. The second kappa shape index (κ2) is 15.4. The van der Waals surface area contributed by atoms with Gasteiger partial charge in [0.2, 0.25) is 0 Å². The van der Waals surface area contributed by atoms with Crippen LogP contribution >= 0.6 is 7.60 Å². The summed E-state index contributed by atoms with van der Waals surface area (Å²) in [4.78, 5) is 0. The molecule has 0 N–H and O–H groups in total. The molecule has 0 fully saturated rings. The lowest BCUT2D eigenvalue weighted by Crippen LogP contribution is -1.98. The van der Waals surface area contributed by atoms with Crippen LogP contribution in [0.25, 0.3) is 0 Å². The van der Waals surface area contributed by atoms with Crippen molar-refractivity contribution in [2.75, 3.05) is 13.2 Å². The molecule has 152 valence electrons. The summed E-state index contributed by atoms with van der Waals surface area (Å²) in [5.74, 6) is 1.67. The molecule has 0 aliphatic rings. The van der Waals surface area contributed by atoms with E-state index < -0.39 is 7.60 Å². The summed E-state index contributed by atoms with van der Waals surface area (Å²) >= 11 is 0. The summed E-state index contributed by atoms with van der Waals surface area (Å²) in [6, 6.07) is 0. The van der Waals surface area contributed by atoms with E-state index >= 15 is 0 Å². The van der Waals surface area contributed by atoms with Crippen LogP contribution in [0.3, 0.4) is 0 Å². The Kier molecular flexibility index (Phi) is 15.1. The molecule has 0 aliphatic heterocycles. The highest BCUT2D eigenvalue weighted by molar-refractivity contribution is 7.57. The van der Waals surface area contributed by atoms with Gasteiger partial charge < -0.3 is 9.05 Å². The molecule has 0 heterocycles. The zero-order valence-corrected chi connectivity index (χ0v) is 18.9. The molecule has 0 saturated carbocycles. The van der Waals surface area contributed by atoms with E-state index in [0.717, 1.165) is 51.4 Å². The average molecular weight is 385 g/mol. The molecule has 0 radical (unpaired) electrons. The Hall–Kier alpha value is -0.630. The number of unbranched alkanes of at least 4 members (excludes halogenated alkanes) is 1. The first-order valence-corrected chi connectivity index (χ1v) is 12.1. The van der Waals surface area contributed by atoms with E-state index in [1.165, 1.54) is 16.7 Å². The summed E-state index contributed by atoms with van der Waals surface area (Å²) < 4.78 is 23.6. The Morgan fingerprint density at radius 1 is 0.808 bits per heavy atom. The standard InChI is InChI=1S/C22H41O3P/c1-7-13-17-20(14-8-2)22(16-10-4)21(15-9-3)18-19-26(23,24-11-5)25-12-6/h17-19H,7-16H2,1-6H3/b19-18+,20-17+,22-21+. The second-order valence-electron chi connectivity index (χ2n) is 6.46. The normalized spacial score (nSPS) is 14.2. The van der Waals surface area contributed by atoms with Crippen LogP contribution in [0.1, 0.15) is 92.9 Å². The van der Waals surface area contributed by atoms with E-state index in [1.807, 2.05) is 19.9 Å². The smallest absolute Gasteiger partial charge is 0.306 e. The fourth-order valence-corrected chi connectivity index (χ4v) is 4.34. The topological polar surface area (TPSA) is 35.5 Å². The van der Waals surface area contributed by atoms with Crippen molar-refractivity contribution in [3.63, 3.8) is 0 Å². The predicted molar refractivity (Wildman–Crippen MR) is 115 cm³/mol. The predicted octanol–water partition coefficient (Wildman–Crippen LogP) is 8.19. The van der Waals surface area contributed by atoms with Gasteiger partial charge in [-0.2, -0.15) is 0 Å². The van der Waals surface area contributed by atoms with E-state index in [-0.39, 0.29) is 0 Å². The van der Waals surface area contributed by atoms with Gasteiger partial charge in [-0.3, -0.25) is 4.57 Å². The highest BCUT2D eigenvalue weighted by Crippen LogP contribution is 2.50. The molecule has 0 aromatic carbocycles. The average Bonchev–Trinajstić information content (AvgIpc) is 2.61. The third kappa shape index (κ3) is 9.90. The zero-order valence-electron chi connectivity index (χ0n) is 18.0. The van der Waals surface area contributed by atoms with Crippen LogP contribution in [0.4, 0.5) is 0 Å². The van der Waals surface area contributed by atoms with Gasteiger partial charge in [0.05, 0.1) is 13.2 Å². The van der Waals surface area contributed by atoms with Gasteiger partial charge in [-0.05, 0) is 56.3 Å². The Morgan fingerprint density at radius 3 is 1.85 bits per heavy atom. The van der Waals surface area contributed by atoms with Crippen molar-refractivity contribution < 1.29 is 13.6 Å². The highest BCUT2D eigenvalue weighted by atomic mass is 31.2. The summed E-state index contributed by atoms with van der Waals surface area (Å²) in [5, 5.41) is 0. The maximum atomic E-state index is 12.8. The number of rotatable bonds is 15. The summed E-state index contributed by atoms with van der Waals surface area (Å²) in [5.41, 5.74) is 4.18. The first-order chi connectivity index (χ1) is 12.5. The second-order valence-corrected chi connectivity index (χ2v) is 8.36. The van der Waals surface area contributed by atoms with Gasteiger partial charge >= 0.3 is 7.60 Å². The largest absolute Gasteiger partial charge is 0.354 e. The lowest BCUT2D eigenvalue weighted by atomic mass is 9.90. The molecule has 26 heavy (non-hydrogen) atoms. The molecule has 0 unspecified atom stereocenters. The summed E-state index contributed by atoms with van der Waals surface area (Å²) in [6.45, 7) is 13.3. The lowest BCUT2D eigenvalue weighted by molar-refractivity contribution is 0.229. The fraction of sp³-hybridized carbons (Fsp3) is 0.727. The lowest BCUT2D eigenvalue weighted by Gasteiger charge is -2.17. The quantitative estimate of drug-likeness (QED) is 0.211. The minimum absolute atomic E-state index is 0.383. The van der Waals surface area contributed by atoms with Gasteiger partial charge in [-0.15, -0.1) is 0 Å². The minimum Gasteiger partial charge on any atom is -0.306 e. The SMILES string of the molecule is CCC/C=C(CCC)/C(CCC)=C(/C=C/P(=O)(OCC)OCC)CCC. The molecule has 0 spiro atoms. The van der Waals surface area contributed by atoms with Crippen molar-refractivity contribution in [1.29, 1.82) is 0 Å². The molecule has 4 heteroatoms. The Balaban J connectivity index is 5.99. The number of allylic oxidation sites excluding steroid dienone is 5. The molecule has 0 saturated heterocycles. The Labute approximate surface area is 162 Å². The third-order valence-corrected chi connectivity index (χ3v) is 5.82. The first-order valence-electron chi connectivity index (χ1n) is 10.5. The van der Waals surface area contributed by atoms with Crippen LogP contribution in [-0.2, 0) is 13.6 Å². The number of hydrogen-bond donors (Lipinski definition) is 0. The Bertz CT molecular complexity index is 494. The molecular formula is C22H41O3P. The van der Waals surface area contributed by atoms with Crippen LogP contribution in [0, 0.1) is 0 Å². The molecule has 0 rings (SSSR count). The summed E-state index contributed by atoms with van der Waals surface area (Å²) in [7, 11) is -3.16. The highest BCUT2D eigenvalue weighted by Gasteiger charge is 2.19. The van der Waals surface area contributed by atoms with E-state index in [1.54, 1.807) is 5.82 Å². The van der Waals surface area contributed by atoms with E-state index in [9.17, 15) is 4.57 Å². The van der Waals surface area contributed by atoms with Crippen molar-refractivity contribution in [2.45, 2.75) is 92.9 Å². The van der Waals surface area contributed by atoms with Gasteiger partial charge in [0.25, 0.3) is 0 Å². The summed E-state index contributed by atoms with van der Waals surface area (Å²) in [6.07, 6.45) is 13.1. The van der Waals surface area contributed by atoms with Gasteiger partial charge in [0, 0.05) is 5.82 Å². The zero-order chi connectivity index (χ0) is 19.8. The fourth-order valence-electron chi connectivity index (χ4n) is 3.01. The minimum atomic E-state index is -3.16. The van der Waals surface area contributed by atoms with E-state index in [2.05, 4.69) is 33.8 Å². The van der Waals surface area contributed by atoms with Crippen LogP contribution in [0.5, 0.6) is 0 Å². The van der Waals surface area contributed by atoms with E-state index in [4.69, 9.17) is 9.05 Å². The molecule has 3 nitrogen and oxygen atoms in total. The Morgan fingerprint density at radius 2 is 1.38 bits per heavy atom. The monoisotopic (exact) mass is 384 g/mol. The first kappa shape index (κ1) is 25.4.